The van der Waals surface area contributed by atoms with Gasteiger partial charge >= 0.3 is 0 Å². The number of ether oxygens (including phenoxy) is 1. The van der Waals surface area contributed by atoms with Crippen molar-refractivity contribution in [3.8, 4) is 5.75 Å². The summed E-state index contributed by atoms with van der Waals surface area (Å²) in [6.45, 7) is 5.90. The molecular weight excluding hydrogens is 503 g/mol. The van der Waals surface area contributed by atoms with E-state index in [1.807, 2.05) is 18.2 Å². The molecule has 1 atom stereocenters. The number of carbonyl (C=O) groups excluding carboxylic acids is 1. The highest BCUT2D eigenvalue weighted by atomic mass is 127. The largest absolute Gasteiger partial charge is 0.493 e. The molecule has 3 fully saturated rings. The van der Waals surface area contributed by atoms with Crippen LogP contribution in [0, 0.1) is 11.8 Å². The van der Waals surface area contributed by atoms with E-state index in [0.29, 0.717) is 12.5 Å². The molecule has 1 aliphatic heterocycles. The molecule has 31 heavy (non-hydrogen) atoms. The smallest absolute Gasteiger partial charge is 0.225 e. The van der Waals surface area contributed by atoms with E-state index in [1.165, 1.54) is 25.7 Å². The predicted molar refractivity (Wildman–Crippen MR) is 135 cm³/mol. The minimum Gasteiger partial charge on any atom is -0.493 e. The maximum atomic E-state index is 12.7. The van der Waals surface area contributed by atoms with Crippen LogP contribution < -0.4 is 15.4 Å². The van der Waals surface area contributed by atoms with Crippen molar-refractivity contribution in [2.75, 3.05) is 26.2 Å². The Balaban J connectivity index is 0.00000272. The fourth-order valence-electron chi connectivity index (χ4n) is 4.45. The van der Waals surface area contributed by atoms with E-state index in [2.05, 4.69) is 28.5 Å². The number of halogens is 1. The number of para-hydroxylation sites is 1. The van der Waals surface area contributed by atoms with Gasteiger partial charge in [0.15, 0.2) is 5.96 Å². The first-order chi connectivity index (χ1) is 14.7. The van der Waals surface area contributed by atoms with Crippen molar-refractivity contribution in [1.82, 2.24) is 15.5 Å². The predicted octanol–water partition coefficient (Wildman–Crippen LogP) is 3.94. The van der Waals surface area contributed by atoms with Gasteiger partial charge in [0.2, 0.25) is 5.91 Å². The van der Waals surface area contributed by atoms with Gasteiger partial charge in [-0.15, -0.1) is 24.0 Å². The van der Waals surface area contributed by atoms with E-state index < -0.39 is 0 Å². The van der Waals surface area contributed by atoms with Gasteiger partial charge in [-0.05, 0) is 51.0 Å². The molecule has 7 heteroatoms. The van der Waals surface area contributed by atoms with Gasteiger partial charge in [-0.2, -0.15) is 0 Å². The summed E-state index contributed by atoms with van der Waals surface area (Å²) in [6, 6.07) is 8.45. The number of amides is 1. The molecule has 0 spiro atoms. The summed E-state index contributed by atoms with van der Waals surface area (Å²) in [6.07, 6.45) is 8.10. The number of carbonyl (C=O) groups is 1. The molecule has 172 valence electrons. The second-order valence-corrected chi connectivity index (χ2v) is 8.95. The third kappa shape index (κ3) is 6.99. The lowest BCUT2D eigenvalue weighted by atomic mass is 10.1. The van der Waals surface area contributed by atoms with Gasteiger partial charge in [0.05, 0.1) is 13.2 Å². The second kappa shape index (κ2) is 11.9. The van der Waals surface area contributed by atoms with Gasteiger partial charge in [-0.25, -0.2) is 4.99 Å². The van der Waals surface area contributed by atoms with Crippen molar-refractivity contribution in [2.45, 2.75) is 64.5 Å². The van der Waals surface area contributed by atoms with E-state index in [4.69, 9.17) is 9.73 Å². The lowest BCUT2D eigenvalue weighted by Gasteiger charge is -2.21. The standard InChI is InChI=1S/C24H36N4O2.HI/c1-2-25-24(26-15-20-9-5-6-10-22(20)30-17-18-11-12-18)27-21-13-14-28(16-21)23(29)19-7-3-4-8-19;/h5-6,9-10,18-19,21H,2-4,7-8,11-17H2,1H3,(H2,25,26,27);1H. The number of guanidine groups is 1. The first kappa shape index (κ1) is 24.1. The Morgan fingerprint density at radius 3 is 2.68 bits per heavy atom. The van der Waals surface area contributed by atoms with Crippen LogP contribution >= 0.6 is 24.0 Å². The average Bonchev–Trinajstić information content (AvgIpc) is 3.22. The summed E-state index contributed by atoms with van der Waals surface area (Å²) in [5.41, 5.74) is 1.11. The molecule has 3 aliphatic rings. The number of nitrogens with one attached hydrogen (secondary N) is 2. The van der Waals surface area contributed by atoms with Crippen LogP contribution in [0.5, 0.6) is 5.75 Å². The minimum absolute atomic E-state index is 0. The zero-order chi connectivity index (χ0) is 20.8. The van der Waals surface area contributed by atoms with Gasteiger partial charge < -0.3 is 20.3 Å². The van der Waals surface area contributed by atoms with Crippen LogP contribution in [0.4, 0.5) is 0 Å². The molecule has 6 nitrogen and oxygen atoms in total. The second-order valence-electron chi connectivity index (χ2n) is 8.95. The monoisotopic (exact) mass is 540 g/mol. The number of benzene rings is 1. The number of hydrogen-bond acceptors (Lipinski definition) is 3. The van der Waals surface area contributed by atoms with Crippen LogP contribution in [0.3, 0.4) is 0 Å². The molecule has 4 rings (SSSR count). The van der Waals surface area contributed by atoms with Crippen molar-refractivity contribution in [3.63, 3.8) is 0 Å². The van der Waals surface area contributed by atoms with Gasteiger partial charge in [0, 0.05) is 37.2 Å². The van der Waals surface area contributed by atoms with Gasteiger partial charge in [-0.1, -0.05) is 31.0 Å². The Morgan fingerprint density at radius 1 is 1.16 bits per heavy atom. The van der Waals surface area contributed by atoms with Crippen LogP contribution in [0.1, 0.15) is 57.4 Å². The first-order valence-electron chi connectivity index (χ1n) is 11.8. The molecule has 2 N–H and O–H groups in total. The van der Waals surface area contributed by atoms with Crippen LogP contribution in [0.2, 0.25) is 0 Å². The van der Waals surface area contributed by atoms with E-state index in [1.54, 1.807) is 0 Å². The summed E-state index contributed by atoms with van der Waals surface area (Å²) >= 11 is 0. The number of hydrogen-bond donors (Lipinski definition) is 2. The number of rotatable bonds is 8. The van der Waals surface area contributed by atoms with Crippen LogP contribution in [0.15, 0.2) is 29.3 Å². The minimum atomic E-state index is 0. The number of aliphatic imine (C=N–C) groups is 1. The van der Waals surface area contributed by atoms with E-state index in [9.17, 15) is 4.79 Å². The van der Waals surface area contributed by atoms with Gasteiger partial charge in [0.25, 0.3) is 0 Å². The van der Waals surface area contributed by atoms with Crippen LogP contribution in [-0.4, -0.2) is 49.0 Å². The molecule has 1 amide bonds. The highest BCUT2D eigenvalue weighted by Gasteiger charge is 2.32. The van der Waals surface area contributed by atoms with Gasteiger partial charge in [-0.3, -0.25) is 4.79 Å². The van der Waals surface area contributed by atoms with Crippen LogP contribution in [-0.2, 0) is 11.3 Å². The van der Waals surface area contributed by atoms with Crippen molar-refractivity contribution in [1.29, 1.82) is 0 Å². The highest BCUT2D eigenvalue weighted by molar-refractivity contribution is 14.0. The van der Waals surface area contributed by atoms with Gasteiger partial charge in [0.1, 0.15) is 5.75 Å². The third-order valence-electron chi connectivity index (χ3n) is 6.44. The molecule has 1 saturated heterocycles. The van der Waals surface area contributed by atoms with E-state index >= 15 is 0 Å². The summed E-state index contributed by atoms with van der Waals surface area (Å²) < 4.78 is 6.02. The SMILES string of the molecule is CCNC(=NCc1ccccc1OCC1CC1)NC1CCN(C(=O)C2CCCC2)C1.I. The quantitative estimate of drug-likeness (QED) is 0.298. The zero-order valence-corrected chi connectivity index (χ0v) is 21.0. The average molecular weight is 540 g/mol. The van der Waals surface area contributed by atoms with Crippen molar-refractivity contribution < 1.29 is 9.53 Å². The molecule has 1 aromatic carbocycles. The maximum Gasteiger partial charge on any atom is 0.225 e. The molecule has 0 aromatic heterocycles. The lowest BCUT2D eigenvalue weighted by Crippen LogP contribution is -2.45. The highest BCUT2D eigenvalue weighted by Crippen LogP contribution is 2.30. The molecular formula is C24H37IN4O2. The Morgan fingerprint density at radius 2 is 1.94 bits per heavy atom. The molecule has 1 unspecified atom stereocenters. The van der Waals surface area contributed by atoms with Crippen molar-refractivity contribution >= 4 is 35.8 Å². The number of likely N-dealkylation sites (tertiary alicyclic amines) is 1. The Labute approximate surface area is 203 Å². The molecule has 2 aliphatic carbocycles. The summed E-state index contributed by atoms with van der Waals surface area (Å²) in [5, 5.41) is 6.90. The summed E-state index contributed by atoms with van der Waals surface area (Å²) in [5.74, 6) is 3.11. The summed E-state index contributed by atoms with van der Waals surface area (Å²) in [7, 11) is 0. The van der Waals surface area contributed by atoms with E-state index in [-0.39, 0.29) is 35.9 Å². The lowest BCUT2D eigenvalue weighted by molar-refractivity contribution is -0.134. The molecule has 1 aromatic rings. The molecule has 1 heterocycles. The summed E-state index contributed by atoms with van der Waals surface area (Å²) in [4.78, 5) is 19.6. The van der Waals surface area contributed by atoms with Crippen molar-refractivity contribution in [3.05, 3.63) is 29.8 Å². The molecule has 2 saturated carbocycles. The Bertz CT molecular complexity index is 747. The fraction of sp³-hybridized carbons (Fsp3) is 0.667. The normalized spacial score (nSPS) is 21.6. The van der Waals surface area contributed by atoms with Crippen molar-refractivity contribution in [2.24, 2.45) is 16.8 Å². The maximum absolute atomic E-state index is 12.7. The number of nitrogens with zero attached hydrogens (tertiary/aromatic N) is 2. The third-order valence-corrected chi connectivity index (χ3v) is 6.44. The first-order valence-corrected chi connectivity index (χ1v) is 11.8. The van der Waals surface area contributed by atoms with E-state index in [0.717, 1.165) is 68.7 Å². The molecule has 0 radical (unpaired) electrons. The van der Waals surface area contributed by atoms with Crippen LogP contribution in [0.25, 0.3) is 0 Å². The molecule has 0 bridgehead atoms. The topological polar surface area (TPSA) is 66.0 Å². The Kier molecular flexibility index (Phi) is 9.29. The zero-order valence-electron chi connectivity index (χ0n) is 18.6. The fourth-order valence-corrected chi connectivity index (χ4v) is 4.45. The Hall–Kier alpha value is -1.51.